The first-order valence-electron chi connectivity index (χ1n) is 4.82. The van der Waals surface area contributed by atoms with Gasteiger partial charge in [0.2, 0.25) is 0 Å². The predicted molar refractivity (Wildman–Crippen MR) is 78.4 cm³/mol. The lowest BCUT2D eigenvalue weighted by molar-refractivity contribution is 0.395. The zero-order chi connectivity index (χ0) is 11.9. The second-order valence-corrected chi connectivity index (χ2v) is 7.69. The lowest BCUT2D eigenvalue weighted by Crippen LogP contribution is -2.22. The van der Waals surface area contributed by atoms with E-state index in [4.69, 9.17) is 12.2 Å². The second-order valence-electron chi connectivity index (χ2n) is 4.50. The number of nitrogens with zero attached hydrogens (tertiary/aromatic N) is 2. The van der Waals surface area contributed by atoms with Gasteiger partial charge in [-0.3, -0.25) is 9.67 Å². The highest BCUT2D eigenvalue weighted by Gasteiger charge is 2.20. The molecule has 0 aliphatic rings. The van der Waals surface area contributed by atoms with E-state index in [1.165, 1.54) is 2.88 Å². The summed E-state index contributed by atoms with van der Waals surface area (Å²) in [7, 11) is 0. The molecule has 2 aromatic rings. The summed E-state index contributed by atoms with van der Waals surface area (Å²) < 4.78 is 3.98. The molecule has 86 valence electrons. The highest BCUT2D eigenvalue weighted by Crippen LogP contribution is 2.28. The fourth-order valence-electron chi connectivity index (χ4n) is 1.54. The predicted octanol–water partition coefficient (Wildman–Crippen LogP) is 4.03. The number of aromatic nitrogens is 3. The molecule has 2 aromatic heterocycles. The topological polar surface area (TPSA) is 33.6 Å². The van der Waals surface area contributed by atoms with Crippen LogP contribution in [-0.4, -0.2) is 14.8 Å². The van der Waals surface area contributed by atoms with Gasteiger partial charge in [-0.15, -0.1) is 11.3 Å². The molecule has 6 heteroatoms. The van der Waals surface area contributed by atoms with Crippen LogP contribution in [0.15, 0.2) is 11.4 Å². The van der Waals surface area contributed by atoms with Crippen LogP contribution in [0.1, 0.15) is 20.8 Å². The first-order chi connectivity index (χ1) is 7.39. The Labute approximate surface area is 117 Å². The molecule has 0 aliphatic heterocycles. The van der Waals surface area contributed by atoms with Crippen molar-refractivity contribution in [2.45, 2.75) is 26.3 Å². The first kappa shape index (κ1) is 12.3. The van der Waals surface area contributed by atoms with Crippen molar-refractivity contribution in [2.75, 3.05) is 0 Å². The molecule has 0 saturated carbocycles. The Bertz CT molecular complexity index is 559. The first-order valence-corrected chi connectivity index (χ1v) is 7.18. The zero-order valence-corrected chi connectivity index (χ0v) is 13.0. The second kappa shape index (κ2) is 4.23. The van der Waals surface area contributed by atoms with Gasteiger partial charge in [0, 0.05) is 16.5 Å². The van der Waals surface area contributed by atoms with Crippen molar-refractivity contribution in [2.24, 2.45) is 0 Å². The molecule has 0 bridgehead atoms. The number of hydrogen-bond donors (Lipinski definition) is 1. The number of thiophene rings is 1. The van der Waals surface area contributed by atoms with Crippen molar-refractivity contribution in [1.82, 2.24) is 14.8 Å². The van der Waals surface area contributed by atoms with Crippen molar-refractivity contribution in [1.29, 1.82) is 0 Å². The summed E-state index contributed by atoms with van der Waals surface area (Å²) in [5, 5.41) is 9.29. The van der Waals surface area contributed by atoms with E-state index in [9.17, 15) is 0 Å². The third-order valence-electron chi connectivity index (χ3n) is 2.17. The molecule has 0 atom stereocenters. The molecule has 1 N–H and O–H groups in total. The molecule has 16 heavy (non-hydrogen) atoms. The van der Waals surface area contributed by atoms with E-state index in [1.807, 2.05) is 0 Å². The molecule has 2 heterocycles. The maximum atomic E-state index is 5.27. The molecule has 0 fully saturated rings. The van der Waals surface area contributed by atoms with Crippen LogP contribution in [0.2, 0.25) is 0 Å². The minimum absolute atomic E-state index is 0.0627. The van der Waals surface area contributed by atoms with Crippen LogP contribution >= 0.6 is 46.1 Å². The van der Waals surface area contributed by atoms with Gasteiger partial charge in [-0.05, 0) is 61.6 Å². The molecular formula is C10H12IN3S2. The van der Waals surface area contributed by atoms with Crippen LogP contribution in [0.3, 0.4) is 0 Å². The molecule has 0 aliphatic carbocycles. The maximum Gasteiger partial charge on any atom is 0.195 e. The van der Waals surface area contributed by atoms with Gasteiger partial charge >= 0.3 is 0 Å². The van der Waals surface area contributed by atoms with Gasteiger partial charge in [-0.1, -0.05) is 0 Å². The molecule has 0 spiro atoms. The zero-order valence-electron chi connectivity index (χ0n) is 9.24. The van der Waals surface area contributed by atoms with Gasteiger partial charge in [0.25, 0.3) is 0 Å². The summed E-state index contributed by atoms with van der Waals surface area (Å²) in [6, 6.07) is 2.12. The number of halogens is 1. The van der Waals surface area contributed by atoms with Gasteiger partial charge in [0.05, 0.1) is 2.88 Å². The number of aromatic amines is 1. The molecule has 0 unspecified atom stereocenters. The lowest BCUT2D eigenvalue weighted by atomic mass is 10.1. The molecule has 0 saturated heterocycles. The summed E-state index contributed by atoms with van der Waals surface area (Å²) in [5.41, 5.74) is 1.06. The van der Waals surface area contributed by atoms with E-state index in [0.29, 0.717) is 4.77 Å². The molecule has 2 rings (SSSR count). The van der Waals surface area contributed by atoms with Crippen molar-refractivity contribution in [3.05, 3.63) is 19.1 Å². The van der Waals surface area contributed by atoms with Gasteiger partial charge in [-0.2, -0.15) is 5.10 Å². The standard InChI is InChI=1S/C10H12IN3S2/c1-10(2,3)14-8(12-13-9(14)15)6-4-7(11)16-5-6/h4-5H,1-3H3,(H,13,15). The average molecular weight is 365 g/mol. The summed E-state index contributed by atoms with van der Waals surface area (Å²) in [6.07, 6.45) is 0. The van der Waals surface area contributed by atoms with Crippen LogP contribution < -0.4 is 0 Å². The van der Waals surface area contributed by atoms with Crippen molar-refractivity contribution >= 4 is 46.1 Å². The van der Waals surface area contributed by atoms with E-state index >= 15 is 0 Å². The smallest absolute Gasteiger partial charge is 0.195 e. The summed E-state index contributed by atoms with van der Waals surface area (Å²) in [4.78, 5) is 0. The minimum atomic E-state index is -0.0627. The van der Waals surface area contributed by atoms with E-state index in [1.54, 1.807) is 11.3 Å². The average Bonchev–Trinajstić information content (AvgIpc) is 2.70. The molecule has 0 amide bonds. The summed E-state index contributed by atoms with van der Waals surface area (Å²) in [5.74, 6) is 0.914. The Kier molecular flexibility index (Phi) is 3.24. The Hall–Kier alpha value is -0.210. The van der Waals surface area contributed by atoms with Crippen LogP contribution in [-0.2, 0) is 5.54 Å². The van der Waals surface area contributed by atoms with E-state index in [2.05, 4.69) is 69.6 Å². The Balaban J connectivity index is 2.63. The fourth-order valence-corrected chi connectivity index (χ4v) is 3.27. The van der Waals surface area contributed by atoms with E-state index in [0.717, 1.165) is 11.4 Å². The summed E-state index contributed by atoms with van der Waals surface area (Å²) >= 11 is 9.30. The minimum Gasteiger partial charge on any atom is -0.295 e. The number of H-pyrrole nitrogens is 1. The summed E-state index contributed by atoms with van der Waals surface area (Å²) in [6.45, 7) is 6.37. The monoisotopic (exact) mass is 365 g/mol. The highest BCUT2D eigenvalue weighted by atomic mass is 127. The van der Waals surface area contributed by atoms with Gasteiger partial charge in [0.15, 0.2) is 10.6 Å². The molecule has 3 nitrogen and oxygen atoms in total. The normalized spacial score (nSPS) is 12.0. The van der Waals surface area contributed by atoms with Crippen LogP contribution in [0.4, 0.5) is 0 Å². The third-order valence-corrected chi connectivity index (χ3v) is 4.23. The Morgan fingerprint density at radius 3 is 2.69 bits per heavy atom. The SMILES string of the molecule is CC(C)(C)n1c(-c2csc(I)c2)n[nH]c1=S. The quantitative estimate of drug-likeness (QED) is 0.612. The van der Waals surface area contributed by atoms with Gasteiger partial charge in [-0.25, -0.2) is 0 Å². The third kappa shape index (κ3) is 2.23. The maximum absolute atomic E-state index is 5.27. The number of rotatable bonds is 1. The Morgan fingerprint density at radius 2 is 2.19 bits per heavy atom. The van der Waals surface area contributed by atoms with E-state index < -0.39 is 0 Å². The van der Waals surface area contributed by atoms with Crippen LogP contribution in [0, 0.1) is 7.65 Å². The van der Waals surface area contributed by atoms with E-state index in [-0.39, 0.29) is 5.54 Å². The Morgan fingerprint density at radius 1 is 1.50 bits per heavy atom. The molecule has 0 radical (unpaired) electrons. The van der Waals surface area contributed by atoms with Crippen LogP contribution in [0.5, 0.6) is 0 Å². The molecule has 0 aromatic carbocycles. The largest absolute Gasteiger partial charge is 0.295 e. The number of nitrogens with one attached hydrogen (secondary N) is 1. The van der Waals surface area contributed by atoms with Gasteiger partial charge in [0.1, 0.15) is 0 Å². The van der Waals surface area contributed by atoms with Crippen molar-refractivity contribution < 1.29 is 0 Å². The fraction of sp³-hybridized carbons (Fsp3) is 0.400. The lowest BCUT2D eigenvalue weighted by Gasteiger charge is -2.22. The molecular weight excluding hydrogens is 353 g/mol. The number of hydrogen-bond acceptors (Lipinski definition) is 3. The van der Waals surface area contributed by atoms with Crippen molar-refractivity contribution in [3.63, 3.8) is 0 Å². The van der Waals surface area contributed by atoms with Crippen molar-refractivity contribution in [3.8, 4) is 11.4 Å². The van der Waals surface area contributed by atoms with Gasteiger partial charge < -0.3 is 0 Å². The highest BCUT2D eigenvalue weighted by molar-refractivity contribution is 14.1. The van der Waals surface area contributed by atoms with Crippen LogP contribution in [0.25, 0.3) is 11.4 Å².